The molecule has 0 aromatic rings. The molecule has 0 atom stereocenters. The Morgan fingerprint density at radius 3 is 2.39 bits per heavy atom. The average molecular weight is 340 g/mol. The Bertz CT molecular complexity index is 313. The Labute approximate surface area is 121 Å². The largest absolute Gasteiger partial charge is 0.214 e. The van der Waals surface area contributed by atoms with Crippen molar-refractivity contribution in [2.75, 3.05) is 24.7 Å². The van der Waals surface area contributed by atoms with Crippen LogP contribution < -0.4 is 0 Å². The van der Waals surface area contributed by atoms with E-state index in [1.165, 1.54) is 19.3 Å². The highest BCUT2D eigenvalue weighted by molar-refractivity contribution is 9.09. The number of hydrogen-bond donors (Lipinski definition) is 0. The molecule has 3 nitrogen and oxygen atoms in total. The van der Waals surface area contributed by atoms with E-state index >= 15 is 0 Å². The number of hydrogen-bond acceptors (Lipinski definition) is 2. The zero-order valence-electron chi connectivity index (χ0n) is 11.4. The maximum Gasteiger partial charge on any atom is 0.214 e. The molecule has 0 bridgehead atoms. The molecule has 5 heteroatoms. The van der Waals surface area contributed by atoms with E-state index in [0.29, 0.717) is 18.2 Å². The summed E-state index contributed by atoms with van der Waals surface area (Å²) in [4.78, 5) is 0. The lowest BCUT2D eigenvalue weighted by Crippen LogP contribution is -2.33. The zero-order valence-corrected chi connectivity index (χ0v) is 13.8. The third kappa shape index (κ3) is 6.02. The summed E-state index contributed by atoms with van der Waals surface area (Å²) >= 11 is 3.39. The van der Waals surface area contributed by atoms with Crippen LogP contribution in [0.3, 0.4) is 0 Å². The lowest BCUT2D eigenvalue weighted by Gasteiger charge is -2.24. The molecule has 0 radical (unpaired) electrons. The molecule has 0 N–H and O–H groups in total. The van der Waals surface area contributed by atoms with Crippen molar-refractivity contribution in [1.82, 2.24) is 4.31 Å². The second-order valence-electron chi connectivity index (χ2n) is 5.35. The third-order valence-corrected chi connectivity index (χ3v) is 6.34. The molecule has 1 fully saturated rings. The van der Waals surface area contributed by atoms with Crippen LogP contribution in [0.25, 0.3) is 0 Å². The summed E-state index contributed by atoms with van der Waals surface area (Å²) in [5, 5.41) is 1.01. The van der Waals surface area contributed by atoms with Gasteiger partial charge in [0.15, 0.2) is 0 Å². The van der Waals surface area contributed by atoms with E-state index in [-0.39, 0.29) is 0 Å². The van der Waals surface area contributed by atoms with Gasteiger partial charge in [-0.1, -0.05) is 41.6 Å². The van der Waals surface area contributed by atoms with Crippen molar-refractivity contribution in [3.05, 3.63) is 0 Å². The average Bonchev–Trinajstić information content (AvgIpc) is 2.35. The molecule has 0 amide bonds. The summed E-state index contributed by atoms with van der Waals surface area (Å²) < 4.78 is 25.9. The molecule has 18 heavy (non-hydrogen) atoms. The first-order valence-corrected chi connectivity index (χ1v) is 9.79. The minimum atomic E-state index is -3.03. The van der Waals surface area contributed by atoms with Gasteiger partial charge in [0.2, 0.25) is 10.0 Å². The van der Waals surface area contributed by atoms with Crippen LogP contribution in [-0.4, -0.2) is 37.4 Å². The van der Waals surface area contributed by atoms with Gasteiger partial charge in [-0.15, -0.1) is 0 Å². The molecule has 0 aromatic heterocycles. The van der Waals surface area contributed by atoms with Gasteiger partial charge in [-0.05, 0) is 31.6 Å². The quantitative estimate of drug-likeness (QED) is 0.502. The van der Waals surface area contributed by atoms with Gasteiger partial charge in [0.1, 0.15) is 0 Å². The SMILES string of the molecule is CN(CCCCCBr)S(=O)(=O)CC1CCCCC1. The van der Waals surface area contributed by atoms with E-state index in [2.05, 4.69) is 15.9 Å². The normalized spacial score (nSPS) is 18.4. The molecule has 0 aliphatic heterocycles. The van der Waals surface area contributed by atoms with Crippen LogP contribution in [0.1, 0.15) is 51.4 Å². The summed E-state index contributed by atoms with van der Waals surface area (Å²) in [7, 11) is -1.30. The van der Waals surface area contributed by atoms with Crippen LogP contribution in [0.2, 0.25) is 0 Å². The number of sulfonamides is 1. The van der Waals surface area contributed by atoms with Gasteiger partial charge < -0.3 is 0 Å². The second kappa shape index (κ2) is 8.54. The molecule has 1 saturated carbocycles. The number of unbranched alkanes of at least 4 members (excludes halogenated alkanes) is 2. The highest BCUT2D eigenvalue weighted by Gasteiger charge is 2.24. The van der Waals surface area contributed by atoms with E-state index < -0.39 is 10.0 Å². The fraction of sp³-hybridized carbons (Fsp3) is 1.00. The predicted molar refractivity (Wildman–Crippen MR) is 80.6 cm³/mol. The molecular formula is C13H26BrNO2S. The predicted octanol–water partition coefficient (Wildman–Crippen LogP) is 3.39. The van der Waals surface area contributed by atoms with Crippen LogP contribution in [0, 0.1) is 5.92 Å². The Morgan fingerprint density at radius 2 is 1.78 bits per heavy atom. The number of nitrogens with zero attached hydrogens (tertiary/aromatic N) is 1. The van der Waals surface area contributed by atoms with Crippen LogP contribution >= 0.6 is 15.9 Å². The van der Waals surface area contributed by atoms with Crippen LogP contribution in [-0.2, 0) is 10.0 Å². The van der Waals surface area contributed by atoms with E-state index in [9.17, 15) is 8.42 Å². The van der Waals surface area contributed by atoms with Crippen molar-refractivity contribution in [1.29, 1.82) is 0 Å². The molecular weight excluding hydrogens is 314 g/mol. The fourth-order valence-electron chi connectivity index (χ4n) is 2.52. The molecule has 1 aliphatic rings. The molecule has 1 aliphatic carbocycles. The van der Waals surface area contributed by atoms with E-state index in [1.54, 1.807) is 11.4 Å². The maximum atomic E-state index is 12.2. The van der Waals surface area contributed by atoms with Gasteiger partial charge in [-0.25, -0.2) is 12.7 Å². The first-order valence-electron chi connectivity index (χ1n) is 7.06. The van der Waals surface area contributed by atoms with E-state index in [4.69, 9.17) is 0 Å². The standard InChI is InChI=1S/C13H26BrNO2S/c1-15(11-7-3-6-10-14)18(16,17)12-13-8-4-2-5-9-13/h13H,2-12H2,1H3. The zero-order chi connectivity index (χ0) is 13.4. The van der Waals surface area contributed by atoms with Gasteiger partial charge in [-0.2, -0.15) is 0 Å². The molecule has 1 rings (SSSR count). The van der Waals surface area contributed by atoms with Crippen molar-refractivity contribution in [3.63, 3.8) is 0 Å². The molecule has 108 valence electrons. The smallest absolute Gasteiger partial charge is 0.212 e. The van der Waals surface area contributed by atoms with Gasteiger partial charge in [0, 0.05) is 18.9 Å². The summed E-state index contributed by atoms with van der Waals surface area (Å²) in [5.74, 6) is 0.760. The molecule has 0 aromatic carbocycles. The lowest BCUT2D eigenvalue weighted by atomic mass is 9.91. The van der Waals surface area contributed by atoms with Crippen molar-refractivity contribution in [2.45, 2.75) is 51.4 Å². The third-order valence-electron chi connectivity index (χ3n) is 3.75. The highest BCUT2D eigenvalue weighted by Crippen LogP contribution is 2.25. The molecule has 0 saturated heterocycles. The first kappa shape index (κ1) is 16.4. The summed E-state index contributed by atoms with van der Waals surface area (Å²) in [6.45, 7) is 0.669. The maximum absolute atomic E-state index is 12.2. The number of alkyl halides is 1. The fourth-order valence-corrected chi connectivity index (χ4v) is 4.51. The van der Waals surface area contributed by atoms with Gasteiger partial charge in [0.25, 0.3) is 0 Å². The number of rotatable bonds is 8. The van der Waals surface area contributed by atoms with Crippen LogP contribution in [0.4, 0.5) is 0 Å². The topological polar surface area (TPSA) is 37.4 Å². The first-order chi connectivity index (χ1) is 8.56. The Hall–Kier alpha value is 0.390. The van der Waals surface area contributed by atoms with Crippen LogP contribution in [0.5, 0.6) is 0 Å². The molecule has 0 unspecified atom stereocenters. The lowest BCUT2D eigenvalue weighted by molar-refractivity contribution is 0.374. The Balaban J connectivity index is 2.31. The summed E-state index contributed by atoms with van der Waals surface area (Å²) in [5.41, 5.74) is 0. The molecule has 0 heterocycles. The minimum absolute atomic E-state index is 0.363. The van der Waals surface area contributed by atoms with Gasteiger partial charge in [0.05, 0.1) is 5.75 Å². The summed E-state index contributed by atoms with van der Waals surface area (Å²) in [6, 6.07) is 0. The van der Waals surface area contributed by atoms with Crippen molar-refractivity contribution in [3.8, 4) is 0 Å². The minimum Gasteiger partial charge on any atom is -0.212 e. The number of halogens is 1. The highest BCUT2D eigenvalue weighted by atomic mass is 79.9. The van der Waals surface area contributed by atoms with Crippen molar-refractivity contribution >= 4 is 26.0 Å². The second-order valence-corrected chi connectivity index (χ2v) is 8.27. The van der Waals surface area contributed by atoms with E-state index in [1.807, 2.05) is 0 Å². The molecule has 0 spiro atoms. The van der Waals surface area contributed by atoms with Crippen LogP contribution in [0.15, 0.2) is 0 Å². The van der Waals surface area contributed by atoms with Gasteiger partial charge in [-0.3, -0.25) is 0 Å². The van der Waals surface area contributed by atoms with Crippen molar-refractivity contribution in [2.24, 2.45) is 5.92 Å². The van der Waals surface area contributed by atoms with Crippen molar-refractivity contribution < 1.29 is 8.42 Å². The monoisotopic (exact) mass is 339 g/mol. The summed E-state index contributed by atoms with van der Waals surface area (Å²) in [6.07, 6.45) is 9.05. The van der Waals surface area contributed by atoms with E-state index in [0.717, 1.165) is 37.4 Å². The Morgan fingerprint density at radius 1 is 1.11 bits per heavy atom. The Kier molecular flexibility index (Phi) is 7.80. The van der Waals surface area contributed by atoms with Gasteiger partial charge >= 0.3 is 0 Å².